The fourth-order valence-electron chi connectivity index (χ4n) is 4.17. The van der Waals surface area contributed by atoms with Gasteiger partial charge in [0.05, 0.1) is 6.61 Å². The van der Waals surface area contributed by atoms with Crippen LogP contribution in [0.15, 0.2) is 97.3 Å². The smallest absolute Gasteiger partial charge is 0.272 e. The Labute approximate surface area is 214 Å². The summed E-state index contributed by atoms with van der Waals surface area (Å²) >= 11 is 0. The molecule has 0 fully saturated rings. The summed E-state index contributed by atoms with van der Waals surface area (Å²) in [6.07, 6.45) is 3.62. The molecule has 0 radical (unpaired) electrons. The highest BCUT2D eigenvalue weighted by Gasteiger charge is 2.15. The minimum absolute atomic E-state index is 0.0387. The van der Waals surface area contributed by atoms with Crippen molar-refractivity contribution in [3.8, 4) is 0 Å². The number of carbonyl (C=O) groups is 2. The fraction of sp³-hybridized carbons (Fsp3) is 0.103. The minimum Gasteiger partial charge on any atom is -0.395 e. The van der Waals surface area contributed by atoms with Gasteiger partial charge >= 0.3 is 0 Å². The van der Waals surface area contributed by atoms with Gasteiger partial charge < -0.3 is 30.2 Å². The molecule has 186 valence electrons. The molecule has 37 heavy (non-hydrogen) atoms. The normalized spacial score (nSPS) is 10.9. The Bertz CT molecular complexity index is 1520. The van der Waals surface area contributed by atoms with Gasteiger partial charge in [0.15, 0.2) is 0 Å². The number of benzene rings is 3. The number of aromatic amines is 1. The summed E-state index contributed by atoms with van der Waals surface area (Å²) in [5.41, 5.74) is 5.21. The maximum atomic E-state index is 13.2. The molecule has 2 amide bonds. The summed E-state index contributed by atoms with van der Waals surface area (Å²) in [6, 6.07) is 26.1. The molecule has 5 aromatic rings. The Hall–Kier alpha value is -4.82. The maximum absolute atomic E-state index is 13.2. The summed E-state index contributed by atoms with van der Waals surface area (Å²) < 4.78 is 1.94. The number of H-pyrrole nitrogens is 1. The lowest BCUT2D eigenvalue weighted by Gasteiger charge is -2.18. The van der Waals surface area contributed by atoms with E-state index in [1.54, 1.807) is 30.3 Å². The van der Waals surface area contributed by atoms with Gasteiger partial charge in [-0.2, -0.15) is 0 Å². The number of hydrogen-bond acceptors (Lipinski definition) is 4. The molecule has 0 spiro atoms. The SMILES string of the molecule is CN(C(=O)c1ccc2ccn(CCO)c2c1)c1ccc(Nc2ccc(NC(=O)c3ccc[nH]3)cc2)cc1. The molecule has 5 rings (SSSR count). The van der Waals surface area contributed by atoms with Crippen molar-refractivity contribution in [2.45, 2.75) is 6.54 Å². The van der Waals surface area contributed by atoms with Gasteiger partial charge in [-0.15, -0.1) is 0 Å². The molecule has 0 bridgehead atoms. The van der Waals surface area contributed by atoms with E-state index in [2.05, 4.69) is 15.6 Å². The third kappa shape index (κ3) is 5.24. The van der Waals surface area contributed by atoms with Crippen LogP contribution >= 0.6 is 0 Å². The number of amides is 2. The van der Waals surface area contributed by atoms with Gasteiger partial charge in [-0.25, -0.2) is 0 Å². The molecule has 2 heterocycles. The van der Waals surface area contributed by atoms with Gasteiger partial charge in [0, 0.05) is 59.8 Å². The Kier molecular flexibility index (Phi) is 6.74. The monoisotopic (exact) mass is 493 g/mol. The molecule has 0 atom stereocenters. The number of anilines is 4. The van der Waals surface area contributed by atoms with E-state index in [1.165, 1.54) is 0 Å². The molecule has 0 saturated heterocycles. The van der Waals surface area contributed by atoms with E-state index < -0.39 is 0 Å². The van der Waals surface area contributed by atoms with Crippen molar-refractivity contribution < 1.29 is 14.7 Å². The second-order valence-electron chi connectivity index (χ2n) is 8.66. The number of fused-ring (bicyclic) bond motifs is 1. The largest absolute Gasteiger partial charge is 0.395 e. The zero-order valence-corrected chi connectivity index (χ0v) is 20.3. The third-order valence-corrected chi connectivity index (χ3v) is 6.20. The van der Waals surface area contributed by atoms with Crippen LogP contribution < -0.4 is 15.5 Å². The van der Waals surface area contributed by atoms with Gasteiger partial charge in [-0.1, -0.05) is 6.07 Å². The van der Waals surface area contributed by atoms with Crippen molar-refractivity contribution >= 4 is 45.5 Å². The summed E-state index contributed by atoms with van der Waals surface area (Å²) in [5, 5.41) is 16.5. The Morgan fingerprint density at radius 3 is 2.30 bits per heavy atom. The summed E-state index contributed by atoms with van der Waals surface area (Å²) in [6.45, 7) is 0.521. The van der Waals surface area contributed by atoms with Crippen LogP contribution in [-0.4, -0.2) is 40.1 Å². The molecule has 0 aliphatic carbocycles. The van der Waals surface area contributed by atoms with Crippen molar-refractivity contribution in [2.24, 2.45) is 0 Å². The van der Waals surface area contributed by atoms with Crippen LogP contribution in [0.5, 0.6) is 0 Å². The van der Waals surface area contributed by atoms with Crippen molar-refractivity contribution in [2.75, 3.05) is 29.2 Å². The first-order valence-electron chi connectivity index (χ1n) is 11.9. The number of rotatable bonds is 8. The van der Waals surface area contributed by atoms with E-state index in [1.807, 2.05) is 83.6 Å². The van der Waals surface area contributed by atoms with E-state index in [4.69, 9.17) is 0 Å². The summed E-state index contributed by atoms with van der Waals surface area (Å²) in [5.74, 6) is -0.310. The lowest BCUT2D eigenvalue weighted by Crippen LogP contribution is -2.26. The molecule has 0 saturated carbocycles. The van der Waals surface area contributed by atoms with E-state index >= 15 is 0 Å². The number of carbonyl (C=O) groups excluding carboxylic acids is 2. The van der Waals surface area contributed by atoms with Crippen LogP contribution in [-0.2, 0) is 6.54 Å². The number of aliphatic hydroxyl groups excluding tert-OH is 1. The van der Waals surface area contributed by atoms with Crippen molar-refractivity contribution in [1.82, 2.24) is 9.55 Å². The van der Waals surface area contributed by atoms with E-state index in [9.17, 15) is 14.7 Å². The van der Waals surface area contributed by atoms with Gasteiger partial charge in [-0.05, 0) is 84.2 Å². The molecule has 0 unspecified atom stereocenters. The second-order valence-corrected chi connectivity index (χ2v) is 8.66. The lowest BCUT2D eigenvalue weighted by molar-refractivity contribution is 0.0991. The number of aromatic nitrogens is 2. The quantitative estimate of drug-likeness (QED) is 0.238. The number of hydrogen-bond donors (Lipinski definition) is 4. The Balaban J connectivity index is 1.23. The molecule has 4 N–H and O–H groups in total. The maximum Gasteiger partial charge on any atom is 0.272 e. The van der Waals surface area contributed by atoms with Gasteiger partial charge in [0.2, 0.25) is 0 Å². The first-order chi connectivity index (χ1) is 18.0. The summed E-state index contributed by atoms with van der Waals surface area (Å²) in [4.78, 5) is 29.8. The molecule has 8 heteroatoms. The van der Waals surface area contributed by atoms with Gasteiger partial charge in [0.1, 0.15) is 5.69 Å². The lowest BCUT2D eigenvalue weighted by atomic mass is 10.1. The van der Waals surface area contributed by atoms with Crippen LogP contribution in [0.3, 0.4) is 0 Å². The van der Waals surface area contributed by atoms with Crippen molar-refractivity contribution in [1.29, 1.82) is 0 Å². The Morgan fingerprint density at radius 2 is 1.62 bits per heavy atom. The summed E-state index contributed by atoms with van der Waals surface area (Å²) in [7, 11) is 1.75. The average molecular weight is 494 g/mol. The number of aliphatic hydroxyl groups is 1. The average Bonchev–Trinajstić information content (AvgIpc) is 3.60. The van der Waals surface area contributed by atoms with Crippen LogP contribution in [0.1, 0.15) is 20.8 Å². The Morgan fingerprint density at radius 1 is 0.919 bits per heavy atom. The first-order valence-corrected chi connectivity index (χ1v) is 11.9. The predicted octanol–water partition coefficient (Wildman–Crippen LogP) is 5.23. The van der Waals surface area contributed by atoms with E-state index in [0.29, 0.717) is 23.5 Å². The van der Waals surface area contributed by atoms with Crippen LogP contribution in [0.2, 0.25) is 0 Å². The number of nitrogens with one attached hydrogen (secondary N) is 3. The highest BCUT2D eigenvalue weighted by molar-refractivity contribution is 6.07. The van der Waals surface area contributed by atoms with E-state index in [-0.39, 0.29) is 18.4 Å². The third-order valence-electron chi connectivity index (χ3n) is 6.20. The van der Waals surface area contributed by atoms with Crippen LogP contribution in [0, 0.1) is 0 Å². The minimum atomic E-state index is -0.195. The molecule has 8 nitrogen and oxygen atoms in total. The molecular weight excluding hydrogens is 466 g/mol. The molecular formula is C29H27N5O3. The zero-order chi connectivity index (χ0) is 25.8. The van der Waals surface area contributed by atoms with Crippen molar-refractivity contribution in [3.05, 3.63) is 109 Å². The molecule has 0 aliphatic rings. The van der Waals surface area contributed by atoms with Gasteiger partial charge in [-0.3, -0.25) is 9.59 Å². The van der Waals surface area contributed by atoms with Crippen LogP contribution in [0.25, 0.3) is 10.9 Å². The van der Waals surface area contributed by atoms with Crippen LogP contribution in [0.4, 0.5) is 22.7 Å². The molecule has 3 aromatic carbocycles. The number of nitrogens with zero attached hydrogens (tertiary/aromatic N) is 2. The second kappa shape index (κ2) is 10.4. The highest BCUT2D eigenvalue weighted by atomic mass is 16.3. The molecule has 0 aliphatic heterocycles. The predicted molar refractivity (Wildman–Crippen MR) is 147 cm³/mol. The van der Waals surface area contributed by atoms with E-state index in [0.717, 1.165) is 28.0 Å². The molecule has 2 aromatic heterocycles. The standard InChI is InChI=1S/C29H27N5O3/c1-33(29(37)21-5-4-20-14-16-34(17-18-35)27(20)19-21)25-12-10-23(11-13-25)31-22-6-8-24(9-7-22)32-28(36)26-3-2-15-30-26/h2-16,19,30-31,35H,17-18H2,1H3,(H,32,36). The first kappa shape index (κ1) is 23.9. The topological polar surface area (TPSA) is 102 Å². The van der Waals surface area contributed by atoms with Crippen molar-refractivity contribution in [3.63, 3.8) is 0 Å². The van der Waals surface area contributed by atoms with Gasteiger partial charge in [0.25, 0.3) is 11.8 Å². The zero-order valence-electron chi connectivity index (χ0n) is 20.3. The fourth-order valence-corrected chi connectivity index (χ4v) is 4.17. The highest BCUT2D eigenvalue weighted by Crippen LogP contribution is 2.24.